The zero-order valence-electron chi connectivity index (χ0n) is 22.5. The molecule has 1 aromatic heterocycles. The number of ether oxygens (including phenoxy) is 1. The van der Waals surface area contributed by atoms with E-state index in [0.29, 0.717) is 18.7 Å². The first kappa shape index (κ1) is 28.7. The molecule has 2 fully saturated rings. The third-order valence-electron chi connectivity index (χ3n) is 7.27. The van der Waals surface area contributed by atoms with Crippen LogP contribution in [-0.4, -0.2) is 58.6 Å². The van der Waals surface area contributed by atoms with Gasteiger partial charge < -0.3 is 25.4 Å². The van der Waals surface area contributed by atoms with Gasteiger partial charge in [0.05, 0.1) is 17.7 Å². The van der Waals surface area contributed by atoms with Crippen LogP contribution in [-0.2, 0) is 10.4 Å². The number of nitrogens with zero attached hydrogens (tertiary/aromatic N) is 2. The van der Waals surface area contributed by atoms with Gasteiger partial charge in [-0.05, 0) is 83.7 Å². The van der Waals surface area contributed by atoms with E-state index < -0.39 is 35.9 Å². The van der Waals surface area contributed by atoms with Crippen molar-refractivity contribution in [1.82, 2.24) is 15.6 Å². The highest BCUT2D eigenvalue weighted by Gasteiger charge is 2.43. The summed E-state index contributed by atoms with van der Waals surface area (Å²) in [6, 6.07) is 7.34. The number of amides is 2. The van der Waals surface area contributed by atoms with E-state index in [2.05, 4.69) is 20.5 Å². The lowest BCUT2D eigenvalue weighted by Gasteiger charge is -2.41. The van der Waals surface area contributed by atoms with E-state index in [-0.39, 0.29) is 40.9 Å². The van der Waals surface area contributed by atoms with Gasteiger partial charge >= 0.3 is 0 Å². The molecule has 0 saturated carbocycles. The Hall–Kier alpha value is -3.34. The van der Waals surface area contributed by atoms with Crippen LogP contribution in [0.1, 0.15) is 69.3 Å². The standard InChI is InChI=1S/C28H35F3N4O4/c1-27(2,38)21-11-17(29)6-9-22(21)39-28(3,4)26(37)34-18-12-19-7-8-20(13-18)35(19)24-10-5-16(14-32-24)25(36)33-15-23(30)31/h5-6,9-11,14,18-20,23,38H,7-8,12-13,15H2,1-4H3,(H,33,36)(H,34,37). The summed E-state index contributed by atoms with van der Waals surface area (Å²) < 4.78 is 44.6. The van der Waals surface area contributed by atoms with Crippen molar-refractivity contribution in [2.24, 2.45) is 0 Å². The number of hydrogen-bond acceptors (Lipinski definition) is 6. The molecule has 8 nitrogen and oxygen atoms in total. The number of anilines is 1. The van der Waals surface area contributed by atoms with E-state index >= 15 is 0 Å². The number of carbonyl (C=O) groups excluding carboxylic acids is 2. The lowest BCUT2D eigenvalue weighted by atomic mass is 9.95. The number of benzene rings is 1. The van der Waals surface area contributed by atoms with Gasteiger partial charge in [-0.1, -0.05) is 0 Å². The Kier molecular flexibility index (Phi) is 8.11. The highest BCUT2D eigenvalue weighted by Crippen LogP contribution is 2.39. The molecule has 2 aromatic rings. The first-order valence-corrected chi connectivity index (χ1v) is 13.1. The number of aromatic nitrogens is 1. The average molecular weight is 549 g/mol. The first-order valence-electron chi connectivity index (χ1n) is 13.1. The fraction of sp³-hybridized carbons (Fsp3) is 0.536. The van der Waals surface area contributed by atoms with Crippen LogP contribution in [0.4, 0.5) is 19.0 Å². The number of aliphatic hydroxyl groups is 1. The number of hydrogen-bond donors (Lipinski definition) is 3. The monoisotopic (exact) mass is 548 g/mol. The summed E-state index contributed by atoms with van der Waals surface area (Å²) in [5, 5.41) is 15.7. The molecule has 2 amide bonds. The summed E-state index contributed by atoms with van der Waals surface area (Å²) in [7, 11) is 0. The molecule has 2 bridgehead atoms. The predicted molar refractivity (Wildman–Crippen MR) is 139 cm³/mol. The molecular weight excluding hydrogens is 513 g/mol. The molecule has 2 atom stereocenters. The van der Waals surface area contributed by atoms with Crippen LogP contribution in [0.15, 0.2) is 36.5 Å². The van der Waals surface area contributed by atoms with Gasteiger partial charge in [0, 0.05) is 29.9 Å². The van der Waals surface area contributed by atoms with Crippen molar-refractivity contribution >= 4 is 17.6 Å². The van der Waals surface area contributed by atoms with Gasteiger partial charge in [-0.15, -0.1) is 0 Å². The number of halogens is 3. The first-order chi connectivity index (χ1) is 18.2. The Bertz CT molecular complexity index is 1190. The van der Waals surface area contributed by atoms with Crippen molar-refractivity contribution in [3.63, 3.8) is 0 Å². The van der Waals surface area contributed by atoms with E-state index in [1.165, 1.54) is 38.2 Å². The molecule has 0 spiro atoms. The summed E-state index contributed by atoms with van der Waals surface area (Å²) in [4.78, 5) is 31.9. The van der Waals surface area contributed by atoms with E-state index in [9.17, 15) is 27.9 Å². The number of alkyl halides is 2. The zero-order chi connectivity index (χ0) is 28.5. The van der Waals surface area contributed by atoms with Crippen molar-refractivity contribution in [1.29, 1.82) is 0 Å². The topological polar surface area (TPSA) is 104 Å². The zero-order valence-corrected chi connectivity index (χ0v) is 22.5. The third-order valence-corrected chi connectivity index (χ3v) is 7.27. The maximum absolute atomic E-state index is 13.8. The van der Waals surface area contributed by atoms with E-state index in [1.807, 2.05) is 0 Å². The van der Waals surface area contributed by atoms with Crippen LogP contribution in [0.25, 0.3) is 0 Å². The smallest absolute Gasteiger partial charge is 0.263 e. The fourth-order valence-corrected chi connectivity index (χ4v) is 5.36. The van der Waals surface area contributed by atoms with Crippen LogP contribution in [0.3, 0.4) is 0 Å². The van der Waals surface area contributed by atoms with Gasteiger partial charge in [0.15, 0.2) is 5.60 Å². The molecule has 2 aliphatic heterocycles. The molecular formula is C28H35F3N4O4. The molecule has 212 valence electrons. The highest BCUT2D eigenvalue weighted by atomic mass is 19.3. The molecule has 2 unspecified atom stereocenters. The maximum atomic E-state index is 13.8. The van der Waals surface area contributed by atoms with Crippen LogP contribution >= 0.6 is 0 Å². The number of piperidine rings is 1. The summed E-state index contributed by atoms with van der Waals surface area (Å²) in [6.45, 7) is 5.60. The van der Waals surface area contributed by atoms with Gasteiger partial charge in [-0.25, -0.2) is 18.2 Å². The minimum absolute atomic E-state index is 0.0875. The molecule has 2 aliphatic rings. The van der Waals surface area contributed by atoms with Crippen molar-refractivity contribution in [3.8, 4) is 5.75 Å². The molecule has 2 saturated heterocycles. The van der Waals surface area contributed by atoms with Crippen LogP contribution < -0.4 is 20.3 Å². The molecule has 11 heteroatoms. The van der Waals surface area contributed by atoms with Gasteiger partial charge in [-0.2, -0.15) is 0 Å². The quantitative estimate of drug-likeness (QED) is 0.439. The molecule has 39 heavy (non-hydrogen) atoms. The number of carbonyl (C=O) groups is 2. The van der Waals surface area contributed by atoms with Crippen LogP contribution in [0.2, 0.25) is 0 Å². The number of pyridine rings is 1. The molecule has 1 aromatic carbocycles. The molecule has 4 rings (SSSR count). The summed E-state index contributed by atoms with van der Waals surface area (Å²) in [5.74, 6) is -0.487. The number of rotatable bonds is 9. The Labute approximate surface area is 225 Å². The van der Waals surface area contributed by atoms with Gasteiger partial charge in [0.2, 0.25) is 0 Å². The van der Waals surface area contributed by atoms with E-state index in [1.54, 1.807) is 26.0 Å². The average Bonchev–Trinajstić information content (AvgIpc) is 3.12. The molecule has 0 radical (unpaired) electrons. The van der Waals surface area contributed by atoms with Gasteiger partial charge in [-0.3, -0.25) is 9.59 Å². The number of fused-ring (bicyclic) bond motifs is 2. The maximum Gasteiger partial charge on any atom is 0.263 e. The van der Waals surface area contributed by atoms with Crippen LogP contribution in [0.5, 0.6) is 5.75 Å². The number of nitrogens with one attached hydrogen (secondary N) is 2. The normalized spacial score (nSPS) is 21.2. The Morgan fingerprint density at radius 2 is 1.79 bits per heavy atom. The van der Waals surface area contributed by atoms with Crippen molar-refractivity contribution in [2.75, 3.05) is 11.4 Å². The van der Waals surface area contributed by atoms with Gasteiger partial charge in [0.1, 0.15) is 17.4 Å². The van der Waals surface area contributed by atoms with Crippen molar-refractivity contribution < 1.29 is 32.6 Å². The molecule has 0 aliphatic carbocycles. The second kappa shape index (κ2) is 11.0. The lowest BCUT2D eigenvalue weighted by Crippen LogP contribution is -2.55. The second-order valence-corrected chi connectivity index (χ2v) is 11.3. The fourth-order valence-electron chi connectivity index (χ4n) is 5.36. The largest absolute Gasteiger partial charge is 0.478 e. The second-order valence-electron chi connectivity index (χ2n) is 11.3. The Morgan fingerprint density at radius 3 is 2.36 bits per heavy atom. The van der Waals surface area contributed by atoms with Crippen molar-refractivity contribution in [2.45, 2.75) is 89.1 Å². The van der Waals surface area contributed by atoms with Crippen LogP contribution in [0, 0.1) is 5.82 Å². The van der Waals surface area contributed by atoms with Crippen molar-refractivity contribution in [3.05, 3.63) is 53.5 Å². The minimum Gasteiger partial charge on any atom is -0.478 e. The lowest BCUT2D eigenvalue weighted by molar-refractivity contribution is -0.135. The van der Waals surface area contributed by atoms with E-state index in [0.717, 1.165) is 12.8 Å². The Balaban J connectivity index is 1.38. The van der Waals surface area contributed by atoms with Gasteiger partial charge in [0.25, 0.3) is 18.2 Å². The SMILES string of the molecule is CC(C)(Oc1ccc(F)cc1C(C)(C)O)C(=O)NC1CC2CCC(C1)N2c1ccc(C(=O)NCC(F)F)cn1. The molecule has 3 heterocycles. The summed E-state index contributed by atoms with van der Waals surface area (Å²) in [6.07, 6.45) is 2.02. The molecule has 3 N–H and O–H groups in total. The Morgan fingerprint density at radius 1 is 1.13 bits per heavy atom. The summed E-state index contributed by atoms with van der Waals surface area (Å²) in [5.41, 5.74) is -2.18. The van der Waals surface area contributed by atoms with E-state index in [4.69, 9.17) is 4.74 Å². The summed E-state index contributed by atoms with van der Waals surface area (Å²) >= 11 is 0. The minimum atomic E-state index is -2.62. The highest BCUT2D eigenvalue weighted by molar-refractivity contribution is 5.94. The third kappa shape index (κ3) is 6.63. The predicted octanol–water partition coefficient (Wildman–Crippen LogP) is 3.92.